The summed E-state index contributed by atoms with van der Waals surface area (Å²) in [6.45, 7) is 1.83. The van der Waals surface area contributed by atoms with Crippen molar-refractivity contribution in [2.75, 3.05) is 18.0 Å². The van der Waals surface area contributed by atoms with Gasteiger partial charge in [-0.1, -0.05) is 36.7 Å². The van der Waals surface area contributed by atoms with Crippen LogP contribution in [0.5, 0.6) is 11.5 Å². The van der Waals surface area contributed by atoms with E-state index in [9.17, 15) is 13.2 Å². The van der Waals surface area contributed by atoms with Crippen molar-refractivity contribution in [3.8, 4) is 11.5 Å². The summed E-state index contributed by atoms with van der Waals surface area (Å²) in [5.41, 5.74) is 4.07. The molecule has 2 aliphatic rings. The Morgan fingerprint density at radius 3 is 2.53 bits per heavy atom. The molecule has 200 valence electrons. The molecule has 3 aromatic carbocycles. The maximum atomic E-state index is 13.7. The van der Waals surface area contributed by atoms with Crippen molar-refractivity contribution in [2.24, 2.45) is 0 Å². The normalized spacial score (nSPS) is 17.6. The zero-order chi connectivity index (χ0) is 26.9. The molecule has 0 spiro atoms. The Balaban J connectivity index is 1.42. The highest BCUT2D eigenvalue weighted by Crippen LogP contribution is 2.39. The molecular weight excluding hydrogens is 524 g/mol. The molecule has 38 heavy (non-hydrogen) atoms. The lowest BCUT2D eigenvalue weighted by atomic mass is 9.88. The highest BCUT2D eigenvalue weighted by Gasteiger charge is 2.38. The lowest BCUT2D eigenvalue weighted by Gasteiger charge is -2.35. The molecule has 9 heteroatoms. The fraction of sp³-hybridized carbons (Fsp3) is 0.345. The monoisotopic (exact) mass is 554 g/mol. The van der Waals surface area contributed by atoms with E-state index in [1.807, 2.05) is 6.92 Å². The van der Waals surface area contributed by atoms with E-state index in [-0.39, 0.29) is 29.1 Å². The average Bonchev–Trinajstić information content (AvgIpc) is 2.94. The van der Waals surface area contributed by atoms with Crippen LogP contribution in [0.2, 0.25) is 5.02 Å². The maximum absolute atomic E-state index is 13.7. The number of ether oxygens (including phenoxy) is 2. The minimum absolute atomic E-state index is 0.0748. The molecule has 0 radical (unpaired) electrons. The summed E-state index contributed by atoms with van der Waals surface area (Å²) >= 11 is 6.21. The summed E-state index contributed by atoms with van der Waals surface area (Å²) < 4.78 is 39.8. The third-order valence-electron chi connectivity index (χ3n) is 7.23. The van der Waals surface area contributed by atoms with Crippen LogP contribution in [0, 0.1) is 0 Å². The molecule has 1 amide bonds. The number of amides is 1. The summed E-state index contributed by atoms with van der Waals surface area (Å²) in [7, 11) is -2.51. The van der Waals surface area contributed by atoms with Gasteiger partial charge in [0.15, 0.2) is 6.10 Å². The van der Waals surface area contributed by atoms with Crippen molar-refractivity contribution >= 4 is 33.2 Å². The smallest absolute Gasteiger partial charge is 0.264 e. The minimum Gasteiger partial charge on any atom is -0.497 e. The molecule has 5 rings (SSSR count). The SMILES string of the molecule is CC[C@@H](NC(=O)[C@@H]1CN(S(=O)(=O)c2ccc(OC)cc2)c2cc(Cl)ccc2O1)c1ccc2c(c1)CCCC2. The first-order valence-corrected chi connectivity index (χ1v) is 14.7. The largest absolute Gasteiger partial charge is 0.497 e. The van der Waals surface area contributed by atoms with E-state index in [0.29, 0.717) is 22.9 Å². The van der Waals surface area contributed by atoms with Crippen LogP contribution in [0.1, 0.15) is 48.9 Å². The van der Waals surface area contributed by atoms with E-state index in [0.717, 1.165) is 18.4 Å². The van der Waals surface area contributed by atoms with Gasteiger partial charge in [-0.15, -0.1) is 0 Å². The van der Waals surface area contributed by atoms with Gasteiger partial charge in [-0.25, -0.2) is 8.42 Å². The number of anilines is 1. The zero-order valence-electron chi connectivity index (χ0n) is 21.4. The van der Waals surface area contributed by atoms with Crippen molar-refractivity contribution in [1.82, 2.24) is 5.32 Å². The second-order valence-corrected chi connectivity index (χ2v) is 11.9. The van der Waals surface area contributed by atoms with Crippen molar-refractivity contribution in [1.29, 1.82) is 0 Å². The van der Waals surface area contributed by atoms with E-state index >= 15 is 0 Å². The van der Waals surface area contributed by atoms with Gasteiger partial charge >= 0.3 is 0 Å². The second kappa shape index (κ2) is 10.9. The molecule has 0 fully saturated rings. The number of fused-ring (bicyclic) bond motifs is 2. The topological polar surface area (TPSA) is 84.9 Å². The standard InChI is InChI=1S/C29H31ClN2O5S/c1-3-25(21-9-8-19-6-4-5-7-20(19)16-21)31-29(33)28-18-32(26-17-22(30)10-15-27(26)37-28)38(34,35)24-13-11-23(36-2)12-14-24/h8-17,25,28H,3-7,18H2,1-2H3,(H,31,33)/t25-,28+/m1/s1. The van der Waals surface area contributed by atoms with Crippen LogP contribution < -0.4 is 19.1 Å². The van der Waals surface area contributed by atoms with Gasteiger partial charge in [-0.05, 0) is 91.3 Å². The third kappa shape index (κ3) is 5.20. The fourth-order valence-corrected chi connectivity index (χ4v) is 6.75. The van der Waals surface area contributed by atoms with Crippen molar-refractivity contribution < 1.29 is 22.7 Å². The summed E-state index contributed by atoms with van der Waals surface area (Å²) in [5.74, 6) is 0.448. The van der Waals surface area contributed by atoms with Crippen LogP contribution >= 0.6 is 11.6 Å². The van der Waals surface area contributed by atoms with E-state index in [1.165, 1.54) is 53.6 Å². The number of nitrogens with one attached hydrogen (secondary N) is 1. The van der Waals surface area contributed by atoms with Gasteiger partial charge in [0.25, 0.3) is 15.9 Å². The molecule has 0 aromatic heterocycles. The van der Waals surface area contributed by atoms with E-state index < -0.39 is 16.1 Å². The number of hydrogen-bond donors (Lipinski definition) is 1. The maximum Gasteiger partial charge on any atom is 0.264 e. The molecule has 7 nitrogen and oxygen atoms in total. The summed E-state index contributed by atoms with van der Waals surface area (Å²) in [6.07, 6.45) is 4.19. The number of benzene rings is 3. The van der Waals surface area contributed by atoms with E-state index in [1.54, 1.807) is 24.3 Å². The molecule has 1 heterocycles. The molecule has 1 aliphatic carbocycles. The van der Waals surface area contributed by atoms with Crippen molar-refractivity contribution in [2.45, 2.75) is 56.1 Å². The Kier molecular flexibility index (Phi) is 7.54. The van der Waals surface area contributed by atoms with E-state index in [4.69, 9.17) is 21.1 Å². The van der Waals surface area contributed by atoms with Gasteiger partial charge in [-0.3, -0.25) is 9.10 Å². The van der Waals surface area contributed by atoms with Crippen LogP contribution in [0.15, 0.2) is 65.6 Å². The van der Waals surface area contributed by atoms with Gasteiger partial charge in [-0.2, -0.15) is 0 Å². The van der Waals surface area contributed by atoms with Gasteiger partial charge in [0.1, 0.15) is 11.5 Å². The lowest BCUT2D eigenvalue weighted by molar-refractivity contribution is -0.128. The predicted molar refractivity (Wildman–Crippen MR) is 148 cm³/mol. The molecule has 0 bridgehead atoms. The van der Waals surface area contributed by atoms with Crippen LogP contribution in [0.3, 0.4) is 0 Å². The average molecular weight is 555 g/mol. The van der Waals surface area contributed by atoms with Crippen LogP contribution in [0.25, 0.3) is 0 Å². The second-order valence-electron chi connectivity index (χ2n) is 9.63. The van der Waals surface area contributed by atoms with Crippen LogP contribution in [0.4, 0.5) is 5.69 Å². The number of hydrogen-bond acceptors (Lipinski definition) is 5. The van der Waals surface area contributed by atoms with Crippen molar-refractivity contribution in [3.05, 3.63) is 82.4 Å². The number of methoxy groups -OCH3 is 1. The Hall–Kier alpha value is -3.23. The Bertz CT molecular complexity index is 1440. The quantitative estimate of drug-likeness (QED) is 0.420. The number of carbonyl (C=O) groups excluding carboxylic acids is 1. The lowest BCUT2D eigenvalue weighted by Crippen LogP contribution is -2.51. The first kappa shape index (κ1) is 26.4. The van der Waals surface area contributed by atoms with Gasteiger partial charge in [0.2, 0.25) is 0 Å². The summed E-state index contributed by atoms with van der Waals surface area (Å²) in [4.78, 5) is 13.6. The first-order chi connectivity index (χ1) is 18.3. The van der Waals surface area contributed by atoms with Gasteiger partial charge < -0.3 is 14.8 Å². The highest BCUT2D eigenvalue weighted by molar-refractivity contribution is 7.92. The Morgan fingerprint density at radius 2 is 1.82 bits per heavy atom. The number of carbonyl (C=O) groups is 1. The zero-order valence-corrected chi connectivity index (χ0v) is 23.0. The van der Waals surface area contributed by atoms with E-state index in [2.05, 4.69) is 23.5 Å². The summed E-state index contributed by atoms with van der Waals surface area (Å²) in [5, 5.41) is 3.47. The molecular formula is C29H31ClN2O5S. The predicted octanol–water partition coefficient (Wildman–Crippen LogP) is 5.45. The number of sulfonamides is 1. The Labute approximate surface area is 228 Å². The molecule has 1 aliphatic heterocycles. The third-order valence-corrected chi connectivity index (χ3v) is 9.26. The molecule has 1 N–H and O–H groups in total. The molecule has 0 saturated carbocycles. The highest BCUT2D eigenvalue weighted by atomic mass is 35.5. The molecule has 3 aromatic rings. The van der Waals surface area contributed by atoms with Crippen LogP contribution in [-0.2, 0) is 27.7 Å². The number of nitrogens with zero attached hydrogens (tertiary/aromatic N) is 1. The van der Waals surface area contributed by atoms with Crippen molar-refractivity contribution in [3.63, 3.8) is 0 Å². The summed E-state index contributed by atoms with van der Waals surface area (Å²) in [6, 6.07) is 17.1. The van der Waals surface area contributed by atoms with Crippen LogP contribution in [-0.4, -0.2) is 34.1 Å². The molecule has 0 unspecified atom stereocenters. The first-order valence-electron chi connectivity index (χ1n) is 12.8. The number of aryl methyl sites for hydroxylation is 2. The number of halogens is 1. The van der Waals surface area contributed by atoms with Gasteiger partial charge in [0, 0.05) is 5.02 Å². The Morgan fingerprint density at radius 1 is 1.08 bits per heavy atom. The molecule has 2 atom stereocenters. The number of rotatable bonds is 7. The fourth-order valence-electron chi connectivity index (χ4n) is 5.12. The van der Waals surface area contributed by atoms with Gasteiger partial charge in [0.05, 0.1) is 30.3 Å². The minimum atomic E-state index is -4.02. The molecule has 0 saturated heterocycles.